The van der Waals surface area contributed by atoms with Crippen LogP contribution in [0, 0.1) is 5.92 Å². The first-order chi connectivity index (χ1) is 13.3. The SMILES string of the molecule is CCCC(=O)NC(O)(c1ncccn1)N1CC2(CCCN2C(=O)C(C)C)C1=O. The minimum atomic E-state index is -2.15. The Morgan fingerprint density at radius 1 is 1.36 bits per heavy atom. The van der Waals surface area contributed by atoms with Crippen LogP contribution in [0.25, 0.3) is 0 Å². The van der Waals surface area contributed by atoms with Crippen LogP contribution in [0.3, 0.4) is 0 Å². The first-order valence-electron chi connectivity index (χ1n) is 9.70. The van der Waals surface area contributed by atoms with E-state index in [1.807, 2.05) is 6.92 Å². The van der Waals surface area contributed by atoms with Crippen molar-refractivity contribution in [1.29, 1.82) is 0 Å². The number of rotatable bonds is 6. The van der Waals surface area contributed by atoms with Crippen LogP contribution in [-0.4, -0.2) is 61.2 Å². The van der Waals surface area contributed by atoms with E-state index in [1.165, 1.54) is 12.4 Å². The molecule has 0 radical (unpaired) electrons. The Morgan fingerprint density at radius 3 is 2.61 bits per heavy atom. The fraction of sp³-hybridized carbons (Fsp3) is 0.632. The maximum atomic E-state index is 13.2. The van der Waals surface area contributed by atoms with Crippen LogP contribution in [0.15, 0.2) is 18.5 Å². The average Bonchev–Trinajstić information content (AvgIpc) is 3.13. The number of hydrogen-bond donors (Lipinski definition) is 2. The summed E-state index contributed by atoms with van der Waals surface area (Å²) in [5.74, 6) is -3.34. The van der Waals surface area contributed by atoms with Gasteiger partial charge in [-0.25, -0.2) is 9.97 Å². The van der Waals surface area contributed by atoms with Gasteiger partial charge in [-0.3, -0.25) is 19.3 Å². The maximum Gasteiger partial charge on any atom is 0.284 e. The molecule has 0 bridgehead atoms. The van der Waals surface area contributed by atoms with E-state index in [9.17, 15) is 19.5 Å². The molecule has 9 nitrogen and oxygen atoms in total. The summed E-state index contributed by atoms with van der Waals surface area (Å²) < 4.78 is 0. The fourth-order valence-corrected chi connectivity index (χ4v) is 3.93. The number of aliphatic hydroxyl groups is 1. The van der Waals surface area contributed by atoms with Crippen LogP contribution in [0.4, 0.5) is 0 Å². The molecule has 1 aromatic heterocycles. The fourth-order valence-electron chi connectivity index (χ4n) is 3.93. The number of β-lactam (4-membered cyclic amide) rings is 1. The lowest BCUT2D eigenvalue weighted by Crippen LogP contribution is -2.79. The number of aromatic nitrogens is 2. The summed E-state index contributed by atoms with van der Waals surface area (Å²) in [5, 5.41) is 13.8. The summed E-state index contributed by atoms with van der Waals surface area (Å²) >= 11 is 0. The van der Waals surface area contributed by atoms with Crippen molar-refractivity contribution in [3.8, 4) is 0 Å². The summed E-state index contributed by atoms with van der Waals surface area (Å²) in [6.07, 6.45) is 4.91. The summed E-state index contributed by atoms with van der Waals surface area (Å²) in [6, 6.07) is 1.58. The third kappa shape index (κ3) is 3.13. The van der Waals surface area contributed by atoms with Crippen molar-refractivity contribution in [3.63, 3.8) is 0 Å². The van der Waals surface area contributed by atoms with Gasteiger partial charge in [0.1, 0.15) is 5.54 Å². The zero-order valence-corrected chi connectivity index (χ0v) is 16.5. The summed E-state index contributed by atoms with van der Waals surface area (Å²) in [4.78, 5) is 48.9. The van der Waals surface area contributed by atoms with E-state index in [4.69, 9.17) is 0 Å². The van der Waals surface area contributed by atoms with E-state index in [0.29, 0.717) is 19.4 Å². The predicted molar refractivity (Wildman–Crippen MR) is 99.2 cm³/mol. The van der Waals surface area contributed by atoms with Gasteiger partial charge < -0.3 is 15.3 Å². The number of carbonyl (C=O) groups excluding carboxylic acids is 3. The van der Waals surface area contributed by atoms with Crippen molar-refractivity contribution in [1.82, 2.24) is 25.1 Å². The van der Waals surface area contributed by atoms with Crippen LogP contribution in [0.2, 0.25) is 0 Å². The van der Waals surface area contributed by atoms with Gasteiger partial charge in [0, 0.05) is 31.3 Å². The Morgan fingerprint density at radius 2 is 2.04 bits per heavy atom. The Bertz CT molecular complexity index is 771. The number of nitrogens with one attached hydrogen (secondary N) is 1. The van der Waals surface area contributed by atoms with Gasteiger partial charge in [-0.15, -0.1) is 0 Å². The van der Waals surface area contributed by atoms with Crippen LogP contribution in [0.1, 0.15) is 52.3 Å². The Hall–Kier alpha value is -2.55. The third-order valence-electron chi connectivity index (χ3n) is 5.37. The molecule has 1 aromatic rings. The van der Waals surface area contributed by atoms with Gasteiger partial charge in [0.2, 0.25) is 17.6 Å². The van der Waals surface area contributed by atoms with E-state index in [2.05, 4.69) is 15.3 Å². The summed E-state index contributed by atoms with van der Waals surface area (Å²) in [6.45, 7) is 6.07. The van der Waals surface area contributed by atoms with Crippen LogP contribution >= 0.6 is 0 Å². The first-order valence-corrected chi connectivity index (χ1v) is 9.70. The highest BCUT2D eigenvalue weighted by Gasteiger charge is 2.65. The molecule has 2 aliphatic rings. The van der Waals surface area contributed by atoms with Gasteiger partial charge >= 0.3 is 0 Å². The molecule has 2 unspecified atom stereocenters. The lowest BCUT2D eigenvalue weighted by molar-refractivity contribution is -0.219. The highest BCUT2D eigenvalue weighted by atomic mass is 16.3. The van der Waals surface area contributed by atoms with Gasteiger partial charge in [0.25, 0.3) is 11.8 Å². The maximum absolute atomic E-state index is 13.2. The monoisotopic (exact) mass is 389 g/mol. The second-order valence-electron chi connectivity index (χ2n) is 7.71. The average molecular weight is 389 g/mol. The largest absolute Gasteiger partial charge is 0.348 e. The predicted octanol–water partition coefficient (Wildman–Crippen LogP) is 0.355. The van der Waals surface area contributed by atoms with E-state index >= 15 is 0 Å². The molecular formula is C19H27N5O4. The van der Waals surface area contributed by atoms with Crippen LogP contribution < -0.4 is 5.32 Å². The number of nitrogens with zero attached hydrogens (tertiary/aromatic N) is 4. The molecule has 9 heteroatoms. The molecule has 2 atom stereocenters. The summed E-state index contributed by atoms with van der Waals surface area (Å²) in [7, 11) is 0. The molecule has 2 aliphatic heterocycles. The lowest BCUT2D eigenvalue weighted by Gasteiger charge is -2.55. The molecule has 152 valence electrons. The topological polar surface area (TPSA) is 116 Å². The number of carbonyl (C=O) groups is 3. The van der Waals surface area contributed by atoms with Crippen molar-refractivity contribution >= 4 is 17.7 Å². The molecule has 2 fully saturated rings. The highest BCUT2D eigenvalue weighted by molar-refractivity contribution is 5.98. The first kappa shape index (κ1) is 20.2. The van der Waals surface area contributed by atoms with Crippen molar-refractivity contribution in [2.45, 2.75) is 57.8 Å². The Kier molecular flexibility index (Phi) is 5.38. The van der Waals surface area contributed by atoms with Gasteiger partial charge in [0.15, 0.2) is 0 Å². The molecule has 2 N–H and O–H groups in total. The summed E-state index contributed by atoms with van der Waals surface area (Å²) in [5.41, 5.74) is -0.959. The molecule has 2 saturated heterocycles. The standard InChI is InChI=1S/C19H27N5O4/c1-4-7-14(25)22-19(28,16-20-9-6-10-21-16)24-12-18(17(24)27)8-5-11-23(18)15(26)13(2)3/h6,9-10,13,28H,4-5,7-8,11-12H2,1-3H3,(H,22,25). The van der Waals surface area contributed by atoms with Gasteiger partial charge in [-0.2, -0.15) is 0 Å². The van der Waals surface area contributed by atoms with Gasteiger partial charge in [-0.1, -0.05) is 20.8 Å². The van der Waals surface area contributed by atoms with Crippen molar-refractivity contribution in [2.75, 3.05) is 13.1 Å². The third-order valence-corrected chi connectivity index (χ3v) is 5.37. The molecule has 0 aliphatic carbocycles. The second kappa shape index (κ2) is 7.46. The van der Waals surface area contributed by atoms with Crippen molar-refractivity contribution in [3.05, 3.63) is 24.3 Å². The number of amides is 3. The van der Waals surface area contributed by atoms with E-state index in [-0.39, 0.29) is 30.6 Å². The minimum Gasteiger partial charge on any atom is -0.348 e. The molecular weight excluding hydrogens is 362 g/mol. The Labute approximate surface area is 164 Å². The normalized spacial score (nSPS) is 23.7. The van der Waals surface area contributed by atoms with Crippen LogP contribution in [0.5, 0.6) is 0 Å². The van der Waals surface area contributed by atoms with Crippen molar-refractivity contribution in [2.24, 2.45) is 5.92 Å². The van der Waals surface area contributed by atoms with E-state index in [0.717, 1.165) is 11.3 Å². The minimum absolute atomic E-state index is 0.0811. The quantitative estimate of drug-likeness (QED) is 0.536. The molecule has 0 aromatic carbocycles. The molecule has 3 amide bonds. The van der Waals surface area contributed by atoms with Crippen molar-refractivity contribution < 1.29 is 19.5 Å². The zero-order chi connectivity index (χ0) is 20.5. The van der Waals surface area contributed by atoms with Gasteiger partial charge in [0.05, 0.1) is 6.54 Å². The smallest absolute Gasteiger partial charge is 0.284 e. The lowest BCUT2D eigenvalue weighted by atomic mass is 9.83. The van der Waals surface area contributed by atoms with Crippen LogP contribution in [-0.2, 0) is 20.2 Å². The molecule has 3 heterocycles. The number of hydrogen-bond acceptors (Lipinski definition) is 6. The zero-order valence-electron chi connectivity index (χ0n) is 16.5. The Balaban J connectivity index is 1.90. The second-order valence-corrected chi connectivity index (χ2v) is 7.71. The van der Waals surface area contributed by atoms with E-state index < -0.39 is 23.2 Å². The molecule has 3 rings (SSSR count). The van der Waals surface area contributed by atoms with E-state index in [1.54, 1.807) is 24.8 Å². The molecule has 1 spiro atoms. The highest BCUT2D eigenvalue weighted by Crippen LogP contribution is 2.43. The van der Waals surface area contributed by atoms with Gasteiger partial charge in [-0.05, 0) is 25.3 Å². The molecule has 0 saturated carbocycles. The number of likely N-dealkylation sites (tertiary alicyclic amines) is 2. The molecule has 28 heavy (non-hydrogen) atoms.